The van der Waals surface area contributed by atoms with Gasteiger partial charge < -0.3 is 15.7 Å². The van der Waals surface area contributed by atoms with Gasteiger partial charge in [0, 0.05) is 12.1 Å². The quantitative estimate of drug-likeness (QED) is 0.654. The van der Waals surface area contributed by atoms with Gasteiger partial charge in [-0.05, 0) is 49.1 Å². The second kappa shape index (κ2) is 9.69. The molecule has 1 unspecified atom stereocenters. The van der Waals surface area contributed by atoms with Crippen LogP contribution < -0.4 is 10.6 Å². The molecule has 3 N–H and O–H groups in total. The Bertz CT molecular complexity index is 844. The summed E-state index contributed by atoms with van der Waals surface area (Å²) in [6.07, 6.45) is 0.572. The minimum atomic E-state index is -0.969. The minimum absolute atomic E-state index is 0.0661. The number of carboxylic acid groups (broad SMARTS) is 1. The molecule has 2 rings (SSSR count). The van der Waals surface area contributed by atoms with Crippen LogP contribution in [0.15, 0.2) is 48.5 Å². The van der Waals surface area contributed by atoms with Crippen LogP contribution in [0, 0.1) is 12.8 Å². The van der Waals surface area contributed by atoms with Crippen LogP contribution in [0.4, 0.5) is 0 Å². The number of carboxylic acids is 1. The number of hydrogen-bond acceptors (Lipinski definition) is 3. The molecule has 6 nitrogen and oxygen atoms in total. The summed E-state index contributed by atoms with van der Waals surface area (Å²) < 4.78 is 0. The van der Waals surface area contributed by atoms with E-state index in [-0.39, 0.29) is 23.3 Å². The molecule has 0 bridgehead atoms. The Morgan fingerprint density at radius 3 is 2.25 bits per heavy atom. The summed E-state index contributed by atoms with van der Waals surface area (Å²) in [5.41, 5.74) is 2.66. The molecule has 28 heavy (non-hydrogen) atoms. The lowest BCUT2D eigenvalue weighted by Gasteiger charge is -2.22. The SMILES string of the molecule is Cc1cccc(C(=O)NC(C(=O)NCCc2ccc(C(=O)O)cc2)C(C)C)c1. The number of rotatable bonds is 8. The maximum Gasteiger partial charge on any atom is 0.335 e. The average molecular weight is 382 g/mol. The first kappa shape index (κ1) is 21.2. The van der Waals surface area contributed by atoms with Crippen LogP contribution in [-0.2, 0) is 11.2 Å². The van der Waals surface area contributed by atoms with Crippen LogP contribution in [0.2, 0.25) is 0 Å². The van der Waals surface area contributed by atoms with E-state index in [1.54, 1.807) is 36.4 Å². The zero-order valence-electron chi connectivity index (χ0n) is 16.4. The highest BCUT2D eigenvalue weighted by atomic mass is 16.4. The van der Waals surface area contributed by atoms with E-state index in [0.717, 1.165) is 11.1 Å². The minimum Gasteiger partial charge on any atom is -0.478 e. The Kier molecular flexibility index (Phi) is 7.32. The third-order valence-electron chi connectivity index (χ3n) is 4.43. The summed E-state index contributed by atoms with van der Waals surface area (Å²) in [4.78, 5) is 35.9. The van der Waals surface area contributed by atoms with Crippen molar-refractivity contribution in [2.45, 2.75) is 33.2 Å². The monoisotopic (exact) mass is 382 g/mol. The fraction of sp³-hybridized carbons (Fsp3) is 0.318. The average Bonchev–Trinajstić information content (AvgIpc) is 2.65. The van der Waals surface area contributed by atoms with Crippen molar-refractivity contribution in [3.05, 3.63) is 70.8 Å². The van der Waals surface area contributed by atoms with Crippen molar-refractivity contribution in [2.24, 2.45) is 5.92 Å². The van der Waals surface area contributed by atoms with Crippen molar-refractivity contribution >= 4 is 17.8 Å². The standard InChI is InChI=1S/C22H26N2O4/c1-14(2)19(24-20(25)18-6-4-5-15(3)13-18)21(26)23-12-11-16-7-9-17(10-8-16)22(27)28/h4-10,13-14,19H,11-12H2,1-3H3,(H,23,26)(H,24,25)(H,27,28). The lowest BCUT2D eigenvalue weighted by atomic mass is 10.0. The molecule has 148 valence electrons. The first-order valence-electron chi connectivity index (χ1n) is 9.25. The fourth-order valence-corrected chi connectivity index (χ4v) is 2.80. The number of benzene rings is 2. The summed E-state index contributed by atoms with van der Waals surface area (Å²) >= 11 is 0. The van der Waals surface area contributed by atoms with Crippen LogP contribution in [0.1, 0.15) is 45.7 Å². The Labute approximate surface area is 165 Å². The van der Waals surface area contributed by atoms with Gasteiger partial charge >= 0.3 is 5.97 Å². The molecule has 1 atom stereocenters. The molecule has 6 heteroatoms. The zero-order chi connectivity index (χ0) is 20.7. The molecule has 2 amide bonds. The van der Waals surface area contributed by atoms with E-state index in [9.17, 15) is 14.4 Å². The van der Waals surface area contributed by atoms with Crippen LogP contribution in [-0.4, -0.2) is 35.5 Å². The molecule has 2 aromatic rings. The third kappa shape index (κ3) is 5.94. The highest BCUT2D eigenvalue weighted by Gasteiger charge is 2.24. The number of carbonyl (C=O) groups is 3. The molecule has 0 radical (unpaired) electrons. The van der Waals surface area contributed by atoms with E-state index >= 15 is 0 Å². The normalized spacial score (nSPS) is 11.7. The van der Waals surface area contributed by atoms with E-state index in [4.69, 9.17) is 5.11 Å². The summed E-state index contributed by atoms with van der Waals surface area (Å²) in [5, 5.41) is 14.6. The van der Waals surface area contributed by atoms with Crippen molar-refractivity contribution in [1.82, 2.24) is 10.6 Å². The van der Waals surface area contributed by atoms with E-state index < -0.39 is 12.0 Å². The molecular formula is C22H26N2O4. The maximum atomic E-state index is 12.5. The fourth-order valence-electron chi connectivity index (χ4n) is 2.80. The predicted octanol–water partition coefficient (Wildman–Crippen LogP) is 2.81. The summed E-state index contributed by atoms with van der Waals surface area (Å²) in [6.45, 7) is 6.07. The number of nitrogens with one attached hydrogen (secondary N) is 2. The van der Waals surface area contributed by atoms with Crippen molar-refractivity contribution in [3.63, 3.8) is 0 Å². The van der Waals surface area contributed by atoms with E-state index in [1.807, 2.05) is 32.9 Å². The molecular weight excluding hydrogens is 356 g/mol. The van der Waals surface area contributed by atoms with Gasteiger partial charge in [-0.3, -0.25) is 9.59 Å². The third-order valence-corrected chi connectivity index (χ3v) is 4.43. The highest BCUT2D eigenvalue weighted by molar-refractivity contribution is 5.97. The number of carbonyl (C=O) groups excluding carboxylic acids is 2. The Hall–Kier alpha value is -3.15. The first-order valence-corrected chi connectivity index (χ1v) is 9.25. The molecule has 0 fully saturated rings. The lowest BCUT2D eigenvalue weighted by molar-refractivity contribution is -0.123. The van der Waals surface area contributed by atoms with Crippen LogP contribution in [0.3, 0.4) is 0 Å². The van der Waals surface area contributed by atoms with Gasteiger partial charge in [-0.1, -0.05) is 43.7 Å². The first-order chi connectivity index (χ1) is 13.3. The van der Waals surface area contributed by atoms with E-state index in [1.165, 1.54) is 0 Å². The Morgan fingerprint density at radius 2 is 1.68 bits per heavy atom. The smallest absolute Gasteiger partial charge is 0.335 e. The lowest BCUT2D eigenvalue weighted by Crippen LogP contribution is -2.50. The highest BCUT2D eigenvalue weighted by Crippen LogP contribution is 2.08. The molecule has 2 aromatic carbocycles. The Morgan fingerprint density at radius 1 is 1.00 bits per heavy atom. The Balaban J connectivity index is 1.91. The topological polar surface area (TPSA) is 95.5 Å². The van der Waals surface area contributed by atoms with E-state index in [0.29, 0.717) is 18.5 Å². The van der Waals surface area contributed by atoms with Gasteiger partial charge in [0.05, 0.1) is 5.56 Å². The van der Waals surface area contributed by atoms with Crippen molar-refractivity contribution in [2.75, 3.05) is 6.54 Å². The second-order valence-corrected chi connectivity index (χ2v) is 7.11. The summed E-state index contributed by atoms with van der Waals surface area (Å²) in [5.74, 6) is -1.55. The number of aromatic carboxylic acids is 1. The van der Waals surface area contributed by atoms with E-state index in [2.05, 4.69) is 10.6 Å². The predicted molar refractivity (Wildman–Crippen MR) is 107 cm³/mol. The molecule has 0 saturated heterocycles. The van der Waals surface area contributed by atoms with Gasteiger partial charge in [0.25, 0.3) is 5.91 Å². The molecule has 0 aliphatic carbocycles. The molecule has 0 aromatic heterocycles. The van der Waals surface area contributed by atoms with Crippen molar-refractivity contribution < 1.29 is 19.5 Å². The molecule has 0 saturated carbocycles. The van der Waals surface area contributed by atoms with Gasteiger partial charge in [-0.25, -0.2) is 4.79 Å². The molecule has 0 spiro atoms. The number of hydrogen-bond donors (Lipinski definition) is 3. The van der Waals surface area contributed by atoms with Gasteiger partial charge in [-0.15, -0.1) is 0 Å². The maximum absolute atomic E-state index is 12.5. The van der Waals surface area contributed by atoms with Gasteiger partial charge in [0.2, 0.25) is 5.91 Å². The van der Waals surface area contributed by atoms with Gasteiger partial charge in [-0.2, -0.15) is 0 Å². The van der Waals surface area contributed by atoms with Gasteiger partial charge in [0.1, 0.15) is 6.04 Å². The number of aryl methyl sites for hydroxylation is 1. The number of amides is 2. The second-order valence-electron chi connectivity index (χ2n) is 7.11. The molecule has 0 aliphatic heterocycles. The van der Waals surface area contributed by atoms with Gasteiger partial charge in [0.15, 0.2) is 0 Å². The van der Waals surface area contributed by atoms with Crippen LogP contribution in [0.25, 0.3) is 0 Å². The molecule has 0 aliphatic rings. The van der Waals surface area contributed by atoms with Crippen LogP contribution in [0.5, 0.6) is 0 Å². The van der Waals surface area contributed by atoms with Crippen LogP contribution >= 0.6 is 0 Å². The van der Waals surface area contributed by atoms with Crippen molar-refractivity contribution in [3.8, 4) is 0 Å². The summed E-state index contributed by atoms with van der Waals surface area (Å²) in [6, 6.07) is 13.1. The van der Waals surface area contributed by atoms with Crippen molar-refractivity contribution in [1.29, 1.82) is 0 Å². The zero-order valence-corrected chi connectivity index (χ0v) is 16.4. The largest absolute Gasteiger partial charge is 0.478 e. The molecule has 0 heterocycles. The summed E-state index contributed by atoms with van der Waals surface area (Å²) in [7, 11) is 0.